The molecule has 0 bridgehead atoms. The zero-order valence-electron chi connectivity index (χ0n) is 10.0. The minimum absolute atomic E-state index is 0.207. The Morgan fingerprint density at radius 1 is 1.44 bits per heavy atom. The second kappa shape index (κ2) is 4.78. The Balaban J connectivity index is 2.08. The molecule has 1 unspecified atom stereocenters. The molecule has 3 N–H and O–H groups in total. The fraction of sp³-hybridized carbons (Fsp3) is 0.300. The van der Waals surface area contributed by atoms with Gasteiger partial charge in [-0.05, 0) is 6.92 Å². The SMILES string of the molecule is CC(NC(=O)c1cnc(N)cn1)c1nncn1C. The first-order chi connectivity index (χ1) is 8.58. The number of amides is 1. The molecule has 0 aliphatic heterocycles. The highest BCUT2D eigenvalue weighted by atomic mass is 16.1. The van der Waals surface area contributed by atoms with Crippen molar-refractivity contribution in [2.75, 3.05) is 5.73 Å². The average molecular weight is 247 g/mol. The van der Waals surface area contributed by atoms with Crippen LogP contribution in [-0.4, -0.2) is 30.6 Å². The minimum atomic E-state index is -0.335. The topological polar surface area (TPSA) is 112 Å². The summed E-state index contributed by atoms with van der Waals surface area (Å²) in [5.74, 6) is 0.595. The van der Waals surface area contributed by atoms with Crippen LogP contribution in [0.25, 0.3) is 0 Å². The molecule has 0 aliphatic carbocycles. The summed E-state index contributed by atoms with van der Waals surface area (Å²) in [6, 6.07) is -0.274. The summed E-state index contributed by atoms with van der Waals surface area (Å²) in [7, 11) is 1.81. The fourth-order valence-electron chi connectivity index (χ4n) is 1.47. The van der Waals surface area contributed by atoms with Crippen molar-refractivity contribution in [3.63, 3.8) is 0 Å². The molecular formula is C10H13N7O. The summed E-state index contributed by atoms with van der Waals surface area (Å²) in [5, 5.41) is 10.4. The molecule has 0 aromatic carbocycles. The van der Waals surface area contributed by atoms with Crippen molar-refractivity contribution in [2.45, 2.75) is 13.0 Å². The van der Waals surface area contributed by atoms with Gasteiger partial charge in [0.15, 0.2) is 5.82 Å². The highest BCUT2D eigenvalue weighted by Crippen LogP contribution is 2.08. The predicted molar refractivity (Wildman–Crippen MR) is 63.3 cm³/mol. The Morgan fingerprint density at radius 2 is 2.22 bits per heavy atom. The van der Waals surface area contributed by atoms with Crippen LogP contribution in [0.15, 0.2) is 18.7 Å². The third-order valence-electron chi connectivity index (χ3n) is 2.39. The van der Waals surface area contributed by atoms with Gasteiger partial charge in [0.2, 0.25) is 0 Å². The van der Waals surface area contributed by atoms with Crippen LogP contribution in [0.3, 0.4) is 0 Å². The molecule has 0 aliphatic rings. The lowest BCUT2D eigenvalue weighted by molar-refractivity contribution is 0.0932. The molecule has 18 heavy (non-hydrogen) atoms. The Morgan fingerprint density at radius 3 is 2.78 bits per heavy atom. The molecule has 0 spiro atoms. The summed E-state index contributed by atoms with van der Waals surface area (Å²) in [6.45, 7) is 1.81. The third-order valence-corrected chi connectivity index (χ3v) is 2.39. The lowest BCUT2D eigenvalue weighted by atomic mass is 10.3. The highest BCUT2D eigenvalue weighted by molar-refractivity contribution is 5.92. The summed E-state index contributed by atoms with van der Waals surface area (Å²) in [6.07, 6.45) is 4.23. The van der Waals surface area contributed by atoms with Gasteiger partial charge in [-0.15, -0.1) is 10.2 Å². The molecular weight excluding hydrogens is 234 g/mol. The van der Waals surface area contributed by atoms with Crippen LogP contribution in [0.2, 0.25) is 0 Å². The molecule has 2 aromatic heterocycles. The minimum Gasteiger partial charge on any atom is -0.382 e. The van der Waals surface area contributed by atoms with E-state index in [9.17, 15) is 4.79 Å². The van der Waals surface area contributed by atoms with Crippen molar-refractivity contribution in [3.05, 3.63) is 30.2 Å². The normalized spacial score (nSPS) is 12.1. The maximum atomic E-state index is 11.9. The Hall–Kier alpha value is -2.51. The molecule has 2 rings (SSSR count). The number of nitrogen functional groups attached to an aromatic ring is 1. The second-order valence-electron chi connectivity index (χ2n) is 3.82. The van der Waals surface area contributed by atoms with Gasteiger partial charge in [-0.3, -0.25) is 4.79 Å². The Kier molecular flexibility index (Phi) is 3.18. The smallest absolute Gasteiger partial charge is 0.272 e. The van der Waals surface area contributed by atoms with Gasteiger partial charge in [0, 0.05) is 7.05 Å². The van der Waals surface area contributed by atoms with Crippen LogP contribution in [0.4, 0.5) is 5.82 Å². The lowest BCUT2D eigenvalue weighted by Crippen LogP contribution is -2.29. The molecule has 8 heteroatoms. The van der Waals surface area contributed by atoms with Crippen molar-refractivity contribution in [2.24, 2.45) is 7.05 Å². The number of hydrogen-bond acceptors (Lipinski definition) is 6. The van der Waals surface area contributed by atoms with E-state index in [0.717, 1.165) is 0 Å². The van der Waals surface area contributed by atoms with Gasteiger partial charge in [0.05, 0.1) is 18.4 Å². The molecule has 0 saturated heterocycles. The van der Waals surface area contributed by atoms with Gasteiger partial charge >= 0.3 is 0 Å². The first-order valence-electron chi connectivity index (χ1n) is 5.30. The van der Waals surface area contributed by atoms with Gasteiger partial charge in [-0.25, -0.2) is 9.97 Å². The van der Waals surface area contributed by atoms with Crippen molar-refractivity contribution in [1.29, 1.82) is 0 Å². The van der Waals surface area contributed by atoms with Crippen molar-refractivity contribution >= 4 is 11.7 Å². The van der Waals surface area contributed by atoms with Crippen molar-refractivity contribution in [3.8, 4) is 0 Å². The number of nitrogens with zero attached hydrogens (tertiary/aromatic N) is 5. The van der Waals surface area contributed by atoms with E-state index in [2.05, 4.69) is 25.5 Å². The zero-order valence-corrected chi connectivity index (χ0v) is 10.0. The van der Waals surface area contributed by atoms with Crippen LogP contribution in [-0.2, 0) is 7.05 Å². The second-order valence-corrected chi connectivity index (χ2v) is 3.82. The molecule has 1 amide bonds. The number of hydrogen-bond donors (Lipinski definition) is 2. The number of carbonyl (C=O) groups is 1. The maximum Gasteiger partial charge on any atom is 0.272 e. The van der Waals surface area contributed by atoms with E-state index in [4.69, 9.17) is 5.73 Å². The van der Waals surface area contributed by atoms with E-state index >= 15 is 0 Å². The molecule has 8 nitrogen and oxygen atoms in total. The summed E-state index contributed by atoms with van der Waals surface area (Å²) in [4.78, 5) is 19.6. The summed E-state index contributed by atoms with van der Waals surface area (Å²) < 4.78 is 1.74. The van der Waals surface area contributed by atoms with E-state index in [1.807, 2.05) is 6.92 Å². The van der Waals surface area contributed by atoms with Gasteiger partial charge in [-0.1, -0.05) is 0 Å². The zero-order chi connectivity index (χ0) is 13.1. The molecule has 0 radical (unpaired) electrons. The maximum absolute atomic E-state index is 11.9. The Labute approximate surface area is 103 Å². The van der Waals surface area contributed by atoms with Gasteiger partial charge < -0.3 is 15.6 Å². The van der Waals surface area contributed by atoms with Crippen LogP contribution in [0.5, 0.6) is 0 Å². The molecule has 0 saturated carbocycles. The van der Waals surface area contributed by atoms with E-state index in [1.54, 1.807) is 17.9 Å². The van der Waals surface area contributed by atoms with Gasteiger partial charge in [-0.2, -0.15) is 0 Å². The van der Waals surface area contributed by atoms with E-state index in [-0.39, 0.29) is 23.5 Å². The molecule has 2 heterocycles. The monoisotopic (exact) mass is 247 g/mol. The number of anilines is 1. The molecule has 2 aromatic rings. The summed E-state index contributed by atoms with van der Waals surface area (Å²) in [5.41, 5.74) is 5.60. The number of rotatable bonds is 3. The number of aryl methyl sites for hydroxylation is 1. The van der Waals surface area contributed by atoms with Crippen molar-refractivity contribution < 1.29 is 4.79 Å². The van der Waals surface area contributed by atoms with E-state index in [1.165, 1.54) is 12.4 Å². The van der Waals surface area contributed by atoms with Gasteiger partial charge in [0.1, 0.15) is 17.8 Å². The highest BCUT2D eigenvalue weighted by Gasteiger charge is 2.16. The number of aromatic nitrogens is 5. The van der Waals surface area contributed by atoms with E-state index < -0.39 is 0 Å². The summed E-state index contributed by atoms with van der Waals surface area (Å²) >= 11 is 0. The fourth-order valence-corrected chi connectivity index (χ4v) is 1.47. The number of nitrogens with one attached hydrogen (secondary N) is 1. The van der Waals surface area contributed by atoms with Gasteiger partial charge in [0.25, 0.3) is 5.91 Å². The van der Waals surface area contributed by atoms with Crippen molar-refractivity contribution in [1.82, 2.24) is 30.0 Å². The molecule has 94 valence electrons. The largest absolute Gasteiger partial charge is 0.382 e. The number of nitrogens with two attached hydrogens (primary N) is 1. The number of carbonyl (C=O) groups excluding carboxylic acids is 1. The first kappa shape index (κ1) is 12.0. The first-order valence-corrected chi connectivity index (χ1v) is 5.30. The van der Waals surface area contributed by atoms with Crippen LogP contribution < -0.4 is 11.1 Å². The standard InChI is InChI=1S/C10H13N7O/c1-6(9-16-14-5-17(9)2)15-10(18)7-3-13-8(11)4-12-7/h3-6H,1-2H3,(H2,11,13)(H,15,18). The average Bonchev–Trinajstić information content (AvgIpc) is 2.76. The van der Waals surface area contributed by atoms with Crippen LogP contribution in [0, 0.1) is 0 Å². The predicted octanol–water partition coefficient (Wildman–Crippen LogP) is -0.322. The molecule has 1 atom stereocenters. The molecule has 0 fully saturated rings. The van der Waals surface area contributed by atoms with Crippen LogP contribution >= 0.6 is 0 Å². The van der Waals surface area contributed by atoms with E-state index in [0.29, 0.717) is 5.82 Å². The Bertz CT molecular complexity index is 548. The van der Waals surface area contributed by atoms with Crippen LogP contribution in [0.1, 0.15) is 29.3 Å². The quantitative estimate of drug-likeness (QED) is 0.768. The lowest BCUT2D eigenvalue weighted by Gasteiger charge is -2.12. The third kappa shape index (κ3) is 2.42.